The maximum Gasteiger partial charge on any atom is 0.239 e. The van der Waals surface area contributed by atoms with Gasteiger partial charge in [-0.15, -0.1) is 0 Å². The molecule has 0 aliphatic rings. The Hall–Kier alpha value is -0.950. The van der Waals surface area contributed by atoms with Crippen molar-refractivity contribution in [1.82, 2.24) is 9.88 Å². The lowest BCUT2D eigenvalue weighted by molar-refractivity contribution is -0.117. The number of rotatable bonds is 5. The minimum atomic E-state index is -0.122. The van der Waals surface area contributed by atoms with Gasteiger partial charge in [-0.05, 0) is 58.9 Å². The molecule has 1 heterocycles. The third-order valence-corrected chi connectivity index (χ3v) is 4.19. The van der Waals surface area contributed by atoms with Crippen LogP contribution in [0.15, 0.2) is 45.5 Å². The van der Waals surface area contributed by atoms with E-state index in [0.717, 1.165) is 14.5 Å². The molecular weight excluding hydrogens is 433 g/mol. The number of likely N-dealkylation sites (N-methyl/N-ethyl adjacent to an activating group) is 1. The van der Waals surface area contributed by atoms with Crippen molar-refractivity contribution in [1.29, 1.82) is 0 Å². The number of nitrogens with one attached hydrogen (secondary N) is 1. The summed E-state index contributed by atoms with van der Waals surface area (Å²) >= 11 is 12.9. The molecule has 4 nitrogen and oxygen atoms in total. The molecule has 2 rings (SSSR count). The van der Waals surface area contributed by atoms with Crippen molar-refractivity contribution in [2.75, 3.05) is 18.9 Å². The number of nitrogens with zero attached hydrogens (tertiary/aromatic N) is 2. The van der Waals surface area contributed by atoms with Crippen molar-refractivity contribution < 1.29 is 4.79 Å². The second kappa shape index (κ2) is 8.06. The Morgan fingerprint density at radius 3 is 2.68 bits per heavy atom. The van der Waals surface area contributed by atoms with E-state index in [0.29, 0.717) is 17.4 Å². The summed E-state index contributed by atoms with van der Waals surface area (Å²) in [6, 6.07) is 9.24. The average Bonchev–Trinajstić information content (AvgIpc) is 2.45. The first-order valence-corrected chi connectivity index (χ1v) is 8.44. The van der Waals surface area contributed by atoms with Gasteiger partial charge in [0.1, 0.15) is 5.82 Å². The SMILES string of the molecule is CN(CC(=O)Nc1ccc(Br)cn1)Cc1cc(Br)ccc1Cl. The van der Waals surface area contributed by atoms with Crippen LogP contribution in [0.25, 0.3) is 0 Å². The van der Waals surface area contributed by atoms with E-state index in [1.54, 1.807) is 12.3 Å². The number of benzene rings is 1. The summed E-state index contributed by atoms with van der Waals surface area (Å²) in [5, 5.41) is 3.44. The van der Waals surface area contributed by atoms with Crippen LogP contribution in [0.4, 0.5) is 5.82 Å². The van der Waals surface area contributed by atoms with E-state index in [1.807, 2.05) is 36.2 Å². The topological polar surface area (TPSA) is 45.2 Å². The molecule has 1 amide bonds. The monoisotopic (exact) mass is 445 g/mol. The standard InChI is InChI=1S/C15H14Br2ClN3O/c1-21(8-10-6-11(16)2-4-13(10)18)9-15(22)20-14-5-3-12(17)7-19-14/h2-7H,8-9H2,1H3,(H,19,20,22). The van der Waals surface area contributed by atoms with Gasteiger partial charge < -0.3 is 5.32 Å². The van der Waals surface area contributed by atoms with Crippen LogP contribution < -0.4 is 5.32 Å². The molecular formula is C15H14Br2ClN3O. The highest BCUT2D eigenvalue weighted by atomic mass is 79.9. The zero-order chi connectivity index (χ0) is 16.1. The minimum Gasteiger partial charge on any atom is -0.310 e. The van der Waals surface area contributed by atoms with Crippen LogP contribution in [-0.2, 0) is 11.3 Å². The molecule has 2 aromatic rings. The molecule has 22 heavy (non-hydrogen) atoms. The van der Waals surface area contributed by atoms with E-state index in [4.69, 9.17) is 11.6 Å². The van der Waals surface area contributed by atoms with Crippen LogP contribution in [0.3, 0.4) is 0 Å². The Bertz CT molecular complexity index is 664. The number of anilines is 1. The number of aromatic nitrogens is 1. The quantitative estimate of drug-likeness (QED) is 0.742. The zero-order valence-corrected chi connectivity index (χ0v) is 15.7. The number of amides is 1. The Balaban J connectivity index is 1.91. The summed E-state index contributed by atoms with van der Waals surface area (Å²) in [4.78, 5) is 18.0. The van der Waals surface area contributed by atoms with Gasteiger partial charge in [0, 0.05) is 26.7 Å². The summed E-state index contributed by atoms with van der Waals surface area (Å²) < 4.78 is 1.83. The lowest BCUT2D eigenvalue weighted by atomic mass is 10.2. The van der Waals surface area contributed by atoms with E-state index in [2.05, 4.69) is 42.2 Å². The van der Waals surface area contributed by atoms with Crippen LogP contribution in [0, 0.1) is 0 Å². The Morgan fingerprint density at radius 1 is 1.27 bits per heavy atom. The van der Waals surface area contributed by atoms with E-state index < -0.39 is 0 Å². The molecule has 1 aromatic heterocycles. The molecule has 1 N–H and O–H groups in total. The van der Waals surface area contributed by atoms with Crippen molar-refractivity contribution in [2.45, 2.75) is 6.54 Å². The molecule has 0 aliphatic carbocycles. The van der Waals surface area contributed by atoms with Gasteiger partial charge in [-0.25, -0.2) is 4.98 Å². The number of pyridine rings is 1. The lowest BCUT2D eigenvalue weighted by Crippen LogP contribution is -2.30. The third kappa shape index (κ3) is 5.35. The van der Waals surface area contributed by atoms with Gasteiger partial charge in [0.05, 0.1) is 6.54 Å². The summed E-state index contributed by atoms with van der Waals surface area (Å²) in [7, 11) is 1.87. The van der Waals surface area contributed by atoms with Crippen LogP contribution in [-0.4, -0.2) is 29.4 Å². The second-order valence-electron chi connectivity index (χ2n) is 4.82. The fourth-order valence-electron chi connectivity index (χ4n) is 1.89. The molecule has 0 aliphatic heterocycles. The van der Waals surface area contributed by atoms with Crippen molar-refractivity contribution in [2.24, 2.45) is 0 Å². The first kappa shape index (κ1) is 17.4. The number of halogens is 3. The van der Waals surface area contributed by atoms with Crippen LogP contribution >= 0.6 is 43.5 Å². The van der Waals surface area contributed by atoms with Gasteiger partial charge in [0.2, 0.25) is 5.91 Å². The van der Waals surface area contributed by atoms with Gasteiger partial charge in [-0.3, -0.25) is 9.69 Å². The fourth-order valence-corrected chi connectivity index (χ4v) is 2.71. The van der Waals surface area contributed by atoms with Gasteiger partial charge in [-0.1, -0.05) is 27.5 Å². The van der Waals surface area contributed by atoms with E-state index in [9.17, 15) is 4.79 Å². The van der Waals surface area contributed by atoms with Gasteiger partial charge in [0.25, 0.3) is 0 Å². The lowest BCUT2D eigenvalue weighted by Gasteiger charge is -2.17. The number of hydrogen-bond donors (Lipinski definition) is 1. The van der Waals surface area contributed by atoms with Crippen LogP contribution in [0.1, 0.15) is 5.56 Å². The molecule has 116 valence electrons. The predicted molar refractivity (Wildman–Crippen MR) is 96.1 cm³/mol. The first-order valence-electron chi connectivity index (χ1n) is 6.48. The molecule has 7 heteroatoms. The normalized spacial score (nSPS) is 10.8. The third-order valence-electron chi connectivity index (χ3n) is 2.86. The highest BCUT2D eigenvalue weighted by Gasteiger charge is 2.10. The van der Waals surface area contributed by atoms with E-state index in [-0.39, 0.29) is 12.5 Å². The van der Waals surface area contributed by atoms with Crippen LogP contribution in [0.5, 0.6) is 0 Å². The summed E-state index contributed by atoms with van der Waals surface area (Å²) in [5.74, 6) is 0.408. The summed E-state index contributed by atoms with van der Waals surface area (Å²) in [6.45, 7) is 0.833. The molecule has 0 unspecified atom stereocenters. The first-order chi connectivity index (χ1) is 10.4. The van der Waals surface area contributed by atoms with Crippen molar-refractivity contribution in [3.8, 4) is 0 Å². The molecule has 0 bridgehead atoms. The molecule has 0 radical (unpaired) electrons. The Morgan fingerprint density at radius 2 is 2.00 bits per heavy atom. The highest BCUT2D eigenvalue weighted by molar-refractivity contribution is 9.10. The van der Waals surface area contributed by atoms with Crippen LogP contribution in [0.2, 0.25) is 5.02 Å². The van der Waals surface area contributed by atoms with Crippen molar-refractivity contribution >= 4 is 55.2 Å². The predicted octanol–water partition coefficient (Wildman–Crippen LogP) is 4.33. The average molecular weight is 448 g/mol. The maximum absolute atomic E-state index is 12.0. The van der Waals surface area contributed by atoms with Crippen molar-refractivity contribution in [3.05, 3.63) is 56.1 Å². The van der Waals surface area contributed by atoms with E-state index in [1.165, 1.54) is 0 Å². The largest absolute Gasteiger partial charge is 0.310 e. The molecule has 0 saturated heterocycles. The summed E-state index contributed by atoms with van der Waals surface area (Å²) in [5.41, 5.74) is 0.966. The number of carbonyl (C=O) groups excluding carboxylic acids is 1. The molecule has 0 saturated carbocycles. The van der Waals surface area contributed by atoms with E-state index >= 15 is 0 Å². The highest BCUT2D eigenvalue weighted by Crippen LogP contribution is 2.22. The Kier molecular flexibility index (Phi) is 6.37. The van der Waals surface area contributed by atoms with Gasteiger partial charge in [0.15, 0.2) is 0 Å². The fraction of sp³-hybridized carbons (Fsp3) is 0.200. The number of hydrogen-bond acceptors (Lipinski definition) is 3. The smallest absolute Gasteiger partial charge is 0.239 e. The molecule has 1 aromatic carbocycles. The second-order valence-corrected chi connectivity index (χ2v) is 7.06. The van der Waals surface area contributed by atoms with Gasteiger partial charge >= 0.3 is 0 Å². The molecule has 0 fully saturated rings. The number of carbonyl (C=O) groups is 1. The summed E-state index contributed by atoms with van der Waals surface area (Å²) in [6.07, 6.45) is 1.64. The molecule has 0 spiro atoms. The van der Waals surface area contributed by atoms with Gasteiger partial charge in [-0.2, -0.15) is 0 Å². The molecule has 0 atom stereocenters. The maximum atomic E-state index is 12.0. The Labute approximate surface area is 151 Å². The minimum absolute atomic E-state index is 0.122. The van der Waals surface area contributed by atoms with Crippen molar-refractivity contribution in [3.63, 3.8) is 0 Å². The zero-order valence-electron chi connectivity index (χ0n) is 11.8.